The lowest BCUT2D eigenvalue weighted by Gasteiger charge is -2.46. The van der Waals surface area contributed by atoms with Crippen molar-refractivity contribution >= 4 is 5.78 Å². The van der Waals surface area contributed by atoms with E-state index in [1.165, 1.54) is 12.8 Å². The molecule has 1 aliphatic heterocycles. The topological polar surface area (TPSA) is 35.5 Å². The average molecular weight is 274 g/mol. The van der Waals surface area contributed by atoms with Gasteiger partial charge in [-0.05, 0) is 49.8 Å². The molecule has 2 aliphatic rings. The molecule has 3 rings (SSSR count). The van der Waals surface area contributed by atoms with Gasteiger partial charge in [-0.3, -0.25) is 4.79 Å². The number of carbonyl (C=O) groups is 1. The molecule has 3 nitrogen and oxygen atoms in total. The zero-order valence-corrected chi connectivity index (χ0v) is 12.3. The zero-order chi connectivity index (χ0) is 14.2. The Morgan fingerprint density at radius 3 is 3.00 bits per heavy atom. The highest BCUT2D eigenvalue weighted by Gasteiger charge is 2.47. The van der Waals surface area contributed by atoms with Gasteiger partial charge in [-0.15, -0.1) is 0 Å². The van der Waals surface area contributed by atoms with E-state index in [0.717, 1.165) is 25.0 Å². The van der Waals surface area contributed by atoms with Gasteiger partial charge in [0, 0.05) is 0 Å². The third kappa shape index (κ3) is 2.09. The molecule has 1 fully saturated rings. The first-order chi connectivity index (χ1) is 9.68. The fourth-order valence-electron chi connectivity index (χ4n) is 3.79. The molecule has 108 valence electrons. The van der Waals surface area contributed by atoms with E-state index in [2.05, 4.69) is 6.92 Å². The van der Waals surface area contributed by atoms with E-state index in [1.54, 1.807) is 13.2 Å². The fourth-order valence-corrected chi connectivity index (χ4v) is 3.79. The highest BCUT2D eigenvalue weighted by Crippen LogP contribution is 2.46. The summed E-state index contributed by atoms with van der Waals surface area (Å²) in [6, 6.07) is 5.55. The molecule has 0 saturated heterocycles. The molecule has 1 aliphatic carbocycles. The van der Waals surface area contributed by atoms with Crippen LogP contribution in [0.4, 0.5) is 0 Å². The summed E-state index contributed by atoms with van der Waals surface area (Å²) in [4.78, 5) is 12.6. The van der Waals surface area contributed by atoms with Crippen molar-refractivity contribution in [1.82, 2.24) is 0 Å². The molecular formula is C17H22O3. The van der Waals surface area contributed by atoms with Gasteiger partial charge in [-0.25, -0.2) is 0 Å². The Balaban J connectivity index is 1.97. The molecule has 0 amide bonds. The first-order valence-corrected chi connectivity index (χ1v) is 7.59. The Labute approximate surface area is 120 Å². The molecule has 1 aromatic carbocycles. The second kappa shape index (κ2) is 5.12. The van der Waals surface area contributed by atoms with Crippen LogP contribution in [0.15, 0.2) is 18.2 Å². The number of ether oxygens (including phenoxy) is 2. The van der Waals surface area contributed by atoms with Crippen LogP contribution in [0.1, 0.15) is 55.8 Å². The Hall–Kier alpha value is -1.51. The number of benzene rings is 1. The van der Waals surface area contributed by atoms with Crippen LogP contribution in [0.25, 0.3) is 0 Å². The van der Waals surface area contributed by atoms with Gasteiger partial charge in [0.25, 0.3) is 0 Å². The van der Waals surface area contributed by atoms with Crippen molar-refractivity contribution in [2.75, 3.05) is 7.11 Å². The van der Waals surface area contributed by atoms with Gasteiger partial charge in [0.2, 0.25) is 0 Å². The Kier molecular flexibility index (Phi) is 3.45. The lowest BCUT2D eigenvalue weighted by Crippen LogP contribution is -2.49. The van der Waals surface area contributed by atoms with Gasteiger partial charge in [0.05, 0.1) is 19.1 Å². The number of carbonyl (C=O) groups excluding carboxylic acids is 1. The maximum atomic E-state index is 12.6. The molecule has 0 aromatic heterocycles. The largest absolute Gasteiger partial charge is 0.497 e. The molecular weight excluding hydrogens is 252 g/mol. The second-order valence-corrected chi connectivity index (χ2v) is 5.98. The van der Waals surface area contributed by atoms with Gasteiger partial charge in [-0.2, -0.15) is 0 Å². The minimum atomic E-state index is -0.258. The number of Topliss-reactive ketones (excluding diaryl/α,β-unsaturated/α-hetero) is 1. The maximum Gasteiger partial charge on any atom is 0.170 e. The molecule has 0 radical (unpaired) electrons. The van der Waals surface area contributed by atoms with Crippen molar-refractivity contribution < 1.29 is 14.3 Å². The van der Waals surface area contributed by atoms with Crippen LogP contribution in [0, 0.1) is 5.92 Å². The van der Waals surface area contributed by atoms with Gasteiger partial charge in [0.1, 0.15) is 17.1 Å². The van der Waals surface area contributed by atoms with Crippen molar-refractivity contribution in [3.63, 3.8) is 0 Å². The first-order valence-electron chi connectivity index (χ1n) is 7.59. The van der Waals surface area contributed by atoms with Crippen molar-refractivity contribution in [3.8, 4) is 11.5 Å². The molecule has 20 heavy (non-hydrogen) atoms. The quantitative estimate of drug-likeness (QED) is 0.817. The summed E-state index contributed by atoms with van der Waals surface area (Å²) < 4.78 is 11.6. The van der Waals surface area contributed by atoms with Crippen LogP contribution in [-0.4, -0.2) is 18.5 Å². The van der Waals surface area contributed by atoms with E-state index in [0.29, 0.717) is 23.7 Å². The van der Waals surface area contributed by atoms with Crippen molar-refractivity contribution in [2.45, 2.75) is 51.0 Å². The summed E-state index contributed by atoms with van der Waals surface area (Å²) in [5, 5.41) is 0. The minimum Gasteiger partial charge on any atom is -0.497 e. The Morgan fingerprint density at radius 1 is 1.40 bits per heavy atom. The third-order valence-corrected chi connectivity index (χ3v) is 4.90. The summed E-state index contributed by atoms with van der Waals surface area (Å²) in [5.41, 5.74) is 0.418. The van der Waals surface area contributed by atoms with Crippen LogP contribution in [0.2, 0.25) is 0 Å². The molecule has 2 unspecified atom stereocenters. The van der Waals surface area contributed by atoms with Crippen LogP contribution < -0.4 is 9.47 Å². The monoisotopic (exact) mass is 274 g/mol. The Morgan fingerprint density at radius 2 is 2.25 bits per heavy atom. The highest BCUT2D eigenvalue weighted by molar-refractivity contribution is 6.00. The minimum absolute atomic E-state index is 0.200. The molecule has 0 bridgehead atoms. The third-order valence-electron chi connectivity index (χ3n) is 4.90. The van der Waals surface area contributed by atoms with E-state index in [9.17, 15) is 4.79 Å². The first kappa shape index (κ1) is 13.5. The smallest absolute Gasteiger partial charge is 0.170 e. The number of methoxy groups -OCH3 is 1. The lowest BCUT2D eigenvalue weighted by molar-refractivity contribution is -0.0339. The van der Waals surface area contributed by atoms with Crippen LogP contribution in [0.3, 0.4) is 0 Å². The lowest BCUT2D eigenvalue weighted by atomic mass is 9.70. The molecule has 0 N–H and O–H groups in total. The van der Waals surface area contributed by atoms with E-state index >= 15 is 0 Å². The van der Waals surface area contributed by atoms with E-state index in [1.807, 2.05) is 12.1 Å². The molecule has 1 saturated carbocycles. The van der Waals surface area contributed by atoms with Gasteiger partial charge in [-0.1, -0.05) is 13.3 Å². The fraction of sp³-hybridized carbons (Fsp3) is 0.588. The van der Waals surface area contributed by atoms with Crippen LogP contribution >= 0.6 is 0 Å². The summed E-state index contributed by atoms with van der Waals surface area (Å²) in [6.07, 6.45) is 6.20. The van der Waals surface area contributed by atoms with Crippen LogP contribution in [0.5, 0.6) is 11.5 Å². The Bertz CT molecular complexity index is 523. The predicted molar refractivity (Wildman–Crippen MR) is 77.5 cm³/mol. The summed E-state index contributed by atoms with van der Waals surface area (Å²) in [5.74, 6) is 2.15. The standard InChI is InChI=1S/C17H22O3/c1-3-12-6-4-5-9-17(12)11-15(18)14-10-13(19-2)7-8-16(14)20-17/h7-8,10,12H,3-6,9,11H2,1-2H3. The number of rotatable bonds is 2. The van der Waals surface area contributed by atoms with Gasteiger partial charge in [0.15, 0.2) is 5.78 Å². The normalized spacial score (nSPS) is 28.9. The van der Waals surface area contributed by atoms with Crippen molar-refractivity contribution in [2.24, 2.45) is 5.92 Å². The summed E-state index contributed by atoms with van der Waals surface area (Å²) in [6.45, 7) is 2.20. The molecule has 3 heteroatoms. The average Bonchev–Trinajstić information content (AvgIpc) is 2.47. The van der Waals surface area contributed by atoms with Gasteiger partial charge >= 0.3 is 0 Å². The van der Waals surface area contributed by atoms with E-state index in [-0.39, 0.29) is 11.4 Å². The van der Waals surface area contributed by atoms with E-state index in [4.69, 9.17) is 9.47 Å². The molecule has 2 atom stereocenters. The SMILES string of the molecule is CCC1CCCCC12CC(=O)c1cc(OC)ccc1O2. The summed E-state index contributed by atoms with van der Waals surface area (Å²) in [7, 11) is 1.62. The summed E-state index contributed by atoms with van der Waals surface area (Å²) >= 11 is 0. The maximum absolute atomic E-state index is 12.6. The zero-order valence-electron chi connectivity index (χ0n) is 12.3. The molecule has 1 spiro atoms. The van der Waals surface area contributed by atoms with E-state index < -0.39 is 0 Å². The highest BCUT2D eigenvalue weighted by atomic mass is 16.5. The van der Waals surface area contributed by atoms with Crippen molar-refractivity contribution in [1.29, 1.82) is 0 Å². The van der Waals surface area contributed by atoms with Crippen LogP contribution in [-0.2, 0) is 0 Å². The number of hydrogen-bond donors (Lipinski definition) is 0. The second-order valence-electron chi connectivity index (χ2n) is 5.98. The predicted octanol–water partition coefficient (Wildman–Crippen LogP) is 4.00. The van der Waals surface area contributed by atoms with Crippen molar-refractivity contribution in [3.05, 3.63) is 23.8 Å². The molecule has 1 aromatic rings. The van der Waals surface area contributed by atoms with Gasteiger partial charge < -0.3 is 9.47 Å². The number of ketones is 1. The number of fused-ring (bicyclic) bond motifs is 1. The molecule has 1 heterocycles. The number of hydrogen-bond acceptors (Lipinski definition) is 3.